The van der Waals surface area contributed by atoms with E-state index in [9.17, 15) is 0 Å². The van der Waals surface area contributed by atoms with Gasteiger partial charge in [-0.05, 0) is 37.6 Å². The van der Waals surface area contributed by atoms with Gasteiger partial charge in [-0.15, -0.1) is 0 Å². The lowest BCUT2D eigenvalue weighted by Crippen LogP contribution is -2.61. The maximum absolute atomic E-state index is 6.98. The first kappa shape index (κ1) is 20.4. The topological polar surface area (TPSA) is 46.5 Å². The first-order chi connectivity index (χ1) is 16.0. The van der Waals surface area contributed by atoms with E-state index in [2.05, 4.69) is 73.2 Å². The molecule has 0 N–H and O–H groups in total. The molecule has 170 valence electrons. The van der Waals surface area contributed by atoms with Gasteiger partial charge in [0, 0.05) is 48.4 Å². The molecule has 1 spiro atoms. The number of anilines is 2. The number of hydrogen-bond acceptors (Lipinski definition) is 6. The first-order valence-corrected chi connectivity index (χ1v) is 11.5. The molecule has 33 heavy (non-hydrogen) atoms. The van der Waals surface area contributed by atoms with Crippen LogP contribution in [0.4, 0.5) is 17.1 Å². The van der Waals surface area contributed by atoms with Gasteiger partial charge >= 0.3 is 0 Å². The summed E-state index contributed by atoms with van der Waals surface area (Å²) in [7, 11) is 3.79. The second-order valence-electron chi connectivity index (χ2n) is 9.51. The van der Waals surface area contributed by atoms with Crippen molar-refractivity contribution in [3.05, 3.63) is 54.1 Å². The van der Waals surface area contributed by atoms with Gasteiger partial charge in [0.05, 0.1) is 32.0 Å². The van der Waals surface area contributed by atoms with Crippen molar-refractivity contribution in [1.29, 1.82) is 0 Å². The zero-order valence-corrected chi connectivity index (χ0v) is 19.6. The van der Waals surface area contributed by atoms with E-state index in [4.69, 9.17) is 19.2 Å². The summed E-state index contributed by atoms with van der Waals surface area (Å²) in [5, 5.41) is 2.31. The maximum Gasteiger partial charge on any atom is 0.228 e. The van der Waals surface area contributed by atoms with Crippen molar-refractivity contribution in [2.75, 3.05) is 50.3 Å². The fourth-order valence-corrected chi connectivity index (χ4v) is 5.61. The van der Waals surface area contributed by atoms with E-state index in [1.165, 1.54) is 16.6 Å². The Bertz CT molecular complexity index is 1280. The highest BCUT2D eigenvalue weighted by Gasteiger charge is 2.58. The molecule has 3 aromatic carbocycles. The zero-order valence-electron chi connectivity index (χ0n) is 19.6. The molecule has 3 aliphatic rings. The standard InChI is InChI=1S/C27H29N3O3/c1-26(2)21-15-18(31-4)9-10-22(21)29(3)27(26)17-28-25-20-8-6-5-7-19(20)23(16-24(25)33-27)30-11-13-32-14-12-30/h5-10,15-17H,11-14H2,1-4H3. The molecule has 0 saturated carbocycles. The Labute approximate surface area is 194 Å². The maximum atomic E-state index is 6.98. The normalized spacial score (nSPS) is 22.9. The van der Waals surface area contributed by atoms with Crippen molar-refractivity contribution in [1.82, 2.24) is 0 Å². The summed E-state index contributed by atoms with van der Waals surface area (Å²) in [5.41, 5.74) is 3.30. The second-order valence-corrected chi connectivity index (χ2v) is 9.51. The Morgan fingerprint density at radius 2 is 1.73 bits per heavy atom. The van der Waals surface area contributed by atoms with E-state index in [1.54, 1.807) is 7.11 Å². The van der Waals surface area contributed by atoms with Crippen molar-refractivity contribution in [3.63, 3.8) is 0 Å². The summed E-state index contributed by atoms with van der Waals surface area (Å²) in [6.07, 6.45) is 1.99. The Hall–Kier alpha value is -3.25. The van der Waals surface area contributed by atoms with Crippen LogP contribution in [-0.4, -0.2) is 52.4 Å². The van der Waals surface area contributed by atoms with Crippen LogP contribution in [0.5, 0.6) is 11.5 Å². The van der Waals surface area contributed by atoms with E-state index in [0.29, 0.717) is 0 Å². The Balaban J connectivity index is 1.51. The van der Waals surface area contributed by atoms with Crippen molar-refractivity contribution < 1.29 is 14.2 Å². The highest BCUT2D eigenvalue weighted by molar-refractivity contribution is 6.06. The van der Waals surface area contributed by atoms with Crippen LogP contribution >= 0.6 is 0 Å². The van der Waals surface area contributed by atoms with Crippen molar-refractivity contribution in [2.24, 2.45) is 4.99 Å². The molecule has 3 heterocycles. The van der Waals surface area contributed by atoms with Crippen LogP contribution in [-0.2, 0) is 10.2 Å². The number of aliphatic imine (C=N–C) groups is 1. The lowest BCUT2D eigenvalue weighted by molar-refractivity contribution is 0.0825. The fourth-order valence-electron chi connectivity index (χ4n) is 5.61. The van der Waals surface area contributed by atoms with Gasteiger partial charge in [0.2, 0.25) is 5.72 Å². The number of morpholine rings is 1. The third-order valence-corrected chi connectivity index (χ3v) is 7.58. The average Bonchev–Trinajstić information content (AvgIpc) is 3.01. The van der Waals surface area contributed by atoms with Gasteiger partial charge in [0.1, 0.15) is 11.4 Å². The predicted octanol–water partition coefficient (Wildman–Crippen LogP) is 4.90. The van der Waals surface area contributed by atoms with Crippen molar-refractivity contribution in [3.8, 4) is 11.5 Å². The summed E-state index contributed by atoms with van der Waals surface area (Å²) in [6, 6.07) is 16.9. The molecule has 6 heteroatoms. The molecule has 1 fully saturated rings. The average molecular weight is 444 g/mol. The summed E-state index contributed by atoms with van der Waals surface area (Å²) in [4.78, 5) is 9.65. The molecule has 1 atom stereocenters. The molecule has 0 aliphatic carbocycles. The SMILES string of the molecule is COc1ccc2c(c1)C(C)(C)C1(C=Nc3c(cc(N4CCOCC4)c4ccccc34)O1)N2C. The summed E-state index contributed by atoms with van der Waals surface area (Å²) in [5.74, 6) is 1.67. The highest BCUT2D eigenvalue weighted by atomic mass is 16.5. The lowest BCUT2D eigenvalue weighted by Gasteiger charge is -2.45. The molecule has 3 aromatic rings. The van der Waals surface area contributed by atoms with E-state index in [0.717, 1.165) is 54.6 Å². The lowest BCUT2D eigenvalue weighted by atomic mass is 9.77. The Morgan fingerprint density at radius 1 is 0.970 bits per heavy atom. The van der Waals surface area contributed by atoms with Gasteiger partial charge in [-0.25, -0.2) is 0 Å². The monoisotopic (exact) mass is 443 g/mol. The van der Waals surface area contributed by atoms with E-state index in [-0.39, 0.29) is 5.41 Å². The molecule has 0 amide bonds. The quantitative estimate of drug-likeness (QED) is 0.564. The van der Waals surface area contributed by atoms with E-state index in [1.807, 2.05) is 12.3 Å². The number of hydrogen-bond donors (Lipinski definition) is 0. The summed E-state index contributed by atoms with van der Waals surface area (Å²) < 4.78 is 18.1. The van der Waals surface area contributed by atoms with Crippen LogP contribution in [0.1, 0.15) is 19.4 Å². The number of fused-ring (bicyclic) bond motifs is 4. The molecule has 1 unspecified atom stereocenters. The Morgan fingerprint density at radius 3 is 2.48 bits per heavy atom. The molecular formula is C27H29N3O3. The number of methoxy groups -OCH3 is 1. The van der Waals surface area contributed by atoms with Gasteiger partial charge in [0.15, 0.2) is 5.75 Å². The van der Waals surface area contributed by atoms with Crippen molar-refractivity contribution >= 4 is 34.0 Å². The first-order valence-electron chi connectivity index (χ1n) is 11.5. The number of rotatable bonds is 2. The molecule has 6 nitrogen and oxygen atoms in total. The van der Waals surface area contributed by atoms with Gasteiger partial charge < -0.3 is 24.0 Å². The second kappa shape index (κ2) is 7.12. The van der Waals surface area contributed by atoms with Gasteiger partial charge in [-0.2, -0.15) is 0 Å². The number of ether oxygens (including phenoxy) is 3. The molecule has 6 rings (SSSR count). The van der Waals surface area contributed by atoms with Crippen LogP contribution in [0.3, 0.4) is 0 Å². The Kier molecular flexibility index (Phi) is 4.40. The molecule has 0 aromatic heterocycles. The zero-order chi connectivity index (χ0) is 22.8. The minimum atomic E-state index is -0.737. The van der Waals surface area contributed by atoms with Crippen LogP contribution in [0.2, 0.25) is 0 Å². The van der Waals surface area contributed by atoms with Crippen LogP contribution < -0.4 is 19.3 Å². The van der Waals surface area contributed by atoms with Crippen LogP contribution in [0.15, 0.2) is 53.5 Å². The predicted molar refractivity (Wildman–Crippen MR) is 133 cm³/mol. The van der Waals surface area contributed by atoms with Gasteiger partial charge in [-0.3, -0.25) is 4.99 Å². The molecule has 0 bridgehead atoms. The van der Waals surface area contributed by atoms with E-state index >= 15 is 0 Å². The molecular weight excluding hydrogens is 414 g/mol. The number of likely N-dealkylation sites (N-methyl/N-ethyl adjacent to an activating group) is 1. The van der Waals surface area contributed by atoms with Crippen molar-refractivity contribution in [2.45, 2.75) is 25.0 Å². The largest absolute Gasteiger partial charge is 0.497 e. The van der Waals surface area contributed by atoms with Gasteiger partial charge in [-0.1, -0.05) is 24.3 Å². The minimum Gasteiger partial charge on any atom is -0.497 e. The molecule has 3 aliphatic heterocycles. The van der Waals surface area contributed by atoms with Crippen LogP contribution in [0, 0.1) is 0 Å². The molecule has 0 radical (unpaired) electrons. The van der Waals surface area contributed by atoms with E-state index < -0.39 is 5.72 Å². The third-order valence-electron chi connectivity index (χ3n) is 7.58. The minimum absolute atomic E-state index is 0.350. The fraction of sp³-hybridized carbons (Fsp3) is 0.370. The number of nitrogens with zero attached hydrogens (tertiary/aromatic N) is 3. The summed E-state index contributed by atoms with van der Waals surface area (Å²) >= 11 is 0. The third kappa shape index (κ3) is 2.73. The summed E-state index contributed by atoms with van der Waals surface area (Å²) in [6.45, 7) is 7.65. The van der Waals surface area contributed by atoms with Gasteiger partial charge in [0.25, 0.3) is 0 Å². The molecule has 1 saturated heterocycles. The highest BCUT2D eigenvalue weighted by Crippen LogP contribution is 2.55. The smallest absolute Gasteiger partial charge is 0.228 e. The number of benzene rings is 3. The van der Waals surface area contributed by atoms with Crippen LogP contribution in [0.25, 0.3) is 10.8 Å².